The first-order valence-corrected chi connectivity index (χ1v) is 10.6. The van der Waals surface area contributed by atoms with E-state index in [4.69, 9.17) is 4.74 Å². The van der Waals surface area contributed by atoms with Crippen molar-refractivity contribution in [3.8, 4) is 11.4 Å². The van der Waals surface area contributed by atoms with Crippen molar-refractivity contribution >= 4 is 21.6 Å². The summed E-state index contributed by atoms with van der Waals surface area (Å²) in [4.78, 5) is 14.7. The molecule has 1 aromatic heterocycles. The highest BCUT2D eigenvalue weighted by molar-refractivity contribution is 7.91. The number of hydrogen-bond donors (Lipinski definition) is 1. The van der Waals surface area contributed by atoms with E-state index in [1.165, 1.54) is 4.80 Å². The average Bonchev–Trinajstić information content (AvgIpc) is 3.21. The molecule has 1 fully saturated rings. The lowest BCUT2D eigenvalue weighted by Crippen LogP contribution is -2.37. The molecule has 1 unspecified atom stereocenters. The monoisotopic (exact) mass is 394 g/mol. The molecule has 0 radical (unpaired) electrons. The van der Waals surface area contributed by atoms with Gasteiger partial charge in [-0.3, -0.25) is 0 Å². The van der Waals surface area contributed by atoms with Crippen LogP contribution in [0.2, 0.25) is 0 Å². The normalized spacial score (nSPS) is 18.4. The molecule has 2 heterocycles. The molecule has 1 N–H and O–H groups in total. The summed E-state index contributed by atoms with van der Waals surface area (Å²) in [5, 5.41) is 18.0. The summed E-state index contributed by atoms with van der Waals surface area (Å²) in [6, 6.07) is 6.67. The van der Waals surface area contributed by atoms with Gasteiger partial charge in [0.2, 0.25) is 5.69 Å². The third-order valence-electron chi connectivity index (χ3n) is 4.44. The minimum atomic E-state index is -3.11. The zero-order valence-corrected chi connectivity index (χ0v) is 16.0. The van der Waals surface area contributed by atoms with Gasteiger partial charge in [-0.25, -0.2) is 13.2 Å². The van der Waals surface area contributed by atoms with Crippen LogP contribution in [0.4, 0.5) is 5.82 Å². The van der Waals surface area contributed by atoms with Gasteiger partial charge in [-0.15, -0.1) is 15.0 Å². The highest BCUT2D eigenvalue weighted by atomic mass is 32.2. The molecule has 0 spiro atoms. The maximum Gasteiger partial charge on any atom is 0.360 e. The van der Waals surface area contributed by atoms with Crippen molar-refractivity contribution in [3.63, 3.8) is 0 Å². The Kier molecular flexibility index (Phi) is 5.36. The van der Waals surface area contributed by atoms with Gasteiger partial charge >= 0.3 is 5.97 Å². The molecule has 27 heavy (non-hydrogen) atoms. The van der Waals surface area contributed by atoms with E-state index in [-0.39, 0.29) is 29.1 Å². The van der Waals surface area contributed by atoms with Crippen molar-refractivity contribution in [2.24, 2.45) is 0 Å². The number of anilines is 1. The zero-order chi connectivity index (χ0) is 19.6. The van der Waals surface area contributed by atoms with E-state index >= 15 is 0 Å². The van der Waals surface area contributed by atoms with Crippen LogP contribution in [-0.2, 0) is 9.84 Å². The summed E-state index contributed by atoms with van der Waals surface area (Å²) in [6.45, 7) is 4.70. The fourth-order valence-electron chi connectivity index (χ4n) is 3.19. The van der Waals surface area contributed by atoms with Crippen LogP contribution in [0.25, 0.3) is 5.69 Å². The lowest BCUT2D eigenvalue weighted by Gasteiger charge is -2.26. The Labute approximate surface area is 157 Å². The highest BCUT2D eigenvalue weighted by Gasteiger charge is 2.35. The molecular formula is C17H22N4O5S. The van der Waals surface area contributed by atoms with Crippen LogP contribution >= 0.6 is 0 Å². The van der Waals surface area contributed by atoms with Gasteiger partial charge in [-0.2, -0.15) is 0 Å². The number of benzene rings is 1. The lowest BCUT2D eigenvalue weighted by molar-refractivity contribution is 0.0690. The SMILES string of the molecule is CCOc1ccc(-n2nc(C(=O)O)c(N(CC)C3CCS(=O)(=O)C3)n2)cc1. The number of aromatic carboxylic acids is 1. The van der Waals surface area contributed by atoms with Crippen molar-refractivity contribution in [1.82, 2.24) is 15.0 Å². The van der Waals surface area contributed by atoms with Gasteiger partial charge in [0.15, 0.2) is 15.7 Å². The Balaban J connectivity index is 1.96. The first-order chi connectivity index (χ1) is 12.8. The maximum absolute atomic E-state index is 11.8. The summed E-state index contributed by atoms with van der Waals surface area (Å²) in [5.41, 5.74) is 0.386. The molecule has 10 heteroatoms. The minimum Gasteiger partial charge on any atom is -0.494 e. The molecular weight excluding hydrogens is 372 g/mol. The number of hydrogen-bond acceptors (Lipinski definition) is 7. The molecule has 1 aromatic carbocycles. The summed E-state index contributed by atoms with van der Waals surface area (Å²) in [7, 11) is -3.11. The Bertz CT molecular complexity index is 923. The quantitative estimate of drug-likeness (QED) is 0.749. The molecule has 9 nitrogen and oxygen atoms in total. The van der Waals surface area contributed by atoms with Crippen LogP contribution in [0.1, 0.15) is 30.8 Å². The van der Waals surface area contributed by atoms with Gasteiger partial charge in [-0.1, -0.05) is 0 Å². The molecule has 0 saturated carbocycles. The molecule has 146 valence electrons. The van der Waals surface area contributed by atoms with Crippen LogP contribution in [0.3, 0.4) is 0 Å². The van der Waals surface area contributed by atoms with Gasteiger partial charge in [0.25, 0.3) is 0 Å². The minimum absolute atomic E-state index is 0.00415. The van der Waals surface area contributed by atoms with Crippen LogP contribution in [0.5, 0.6) is 5.75 Å². The zero-order valence-electron chi connectivity index (χ0n) is 15.2. The Hall–Kier alpha value is -2.62. The molecule has 0 amide bonds. The van der Waals surface area contributed by atoms with Crippen molar-refractivity contribution in [2.45, 2.75) is 26.3 Å². The second-order valence-electron chi connectivity index (χ2n) is 6.24. The highest BCUT2D eigenvalue weighted by Crippen LogP contribution is 2.26. The lowest BCUT2D eigenvalue weighted by atomic mass is 10.2. The topological polar surface area (TPSA) is 115 Å². The Morgan fingerprint density at radius 1 is 1.30 bits per heavy atom. The molecule has 0 aliphatic carbocycles. The van der Waals surface area contributed by atoms with Crippen LogP contribution in [-0.4, -0.2) is 65.2 Å². The van der Waals surface area contributed by atoms with Gasteiger partial charge in [0.05, 0.1) is 23.8 Å². The summed E-state index contributed by atoms with van der Waals surface area (Å²) in [6.07, 6.45) is 0.450. The summed E-state index contributed by atoms with van der Waals surface area (Å²) >= 11 is 0. The van der Waals surface area contributed by atoms with Crippen molar-refractivity contribution in [1.29, 1.82) is 0 Å². The fourth-order valence-corrected chi connectivity index (χ4v) is 4.92. The van der Waals surface area contributed by atoms with Crippen LogP contribution in [0, 0.1) is 0 Å². The van der Waals surface area contributed by atoms with E-state index in [9.17, 15) is 18.3 Å². The molecule has 1 aliphatic heterocycles. The third-order valence-corrected chi connectivity index (χ3v) is 6.19. The first kappa shape index (κ1) is 19.2. The van der Waals surface area contributed by atoms with Crippen molar-refractivity contribution in [2.75, 3.05) is 29.6 Å². The second-order valence-corrected chi connectivity index (χ2v) is 8.47. The van der Waals surface area contributed by atoms with Crippen molar-refractivity contribution < 1.29 is 23.1 Å². The molecule has 2 aromatic rings. The second kappa shape index (κ2) is 7.55. The largest absolute Gasteiger partial charge is 0.494 e. The van der Waals surface area contributed by atoms with Gasteiger partial charge < -0.3 is 14.7 Å². The third kappa shape index (κ3) is 4.05. The molecule has 0 bridgehead atoms. The number of carbonyl (C=O) groups is 1. The molecule has 1 saturated heterocycles. The Morgan fingerprint density at radius 2 is 2.00 bits per heavy atom. The standard InChI is InChI=1S/C17H22N4O5S/c1-3-20(13-9-10-27(24,25)11-13)16-15(17(22)23)18-21(19-16)12-5-7-14(8-6-12)26-4-2/h5-8,13H,3-4,9-11H2,1-2H3,(H,22,23). The van der Waals surface area contributed by atoms with E-state index in [1.807, 2.05) is 13.8 Å². The van der Waals surface area contributed by atoms with Crippen LogP contribution in [0.15, 0.2) is 24.3 Å². The predicted molar refractivity (Wildman–Crippen MR) is 99.6 cm³/mol. The smallest absolute Gasteiger partial charge is 0.360 e. The molecule has 1 atom stereocenters. The van der Waals surface area contributed by atoms with Gasteiger partial charge in [0.1, 0.15) is 5.75 Å². The molecule has 3 rings (SSSR count). The first-order valence-electron chi connectivity index (χ1n) is 8.75. The van der Waals surface area contributed by atoms with E-state index in [2.05, 4.69) is 10.2 Å². The Morgan fingerprint density at radius 3 is 2.52 bits per heavy atom. The van der Waals surface area contributed by atoms with Crippen LogP contribution < -0.4 is 9.64 Å². The number of rotatable bonds is 7. The van der Waals surface area contributed by atoms with E-state index in [1.54, 1.807) is 29.2 Å². The maximum atomic E-state index is 11.8. The molecule has 1 aliphatic rings. The summed E-state index contributed by atoms with van der Waals surface area (Å²) in [5.74, 6) is -0.236. The predicted octanol–water partition coefficient (Wildman–Crippen LogP) is 1.38. The number of carboxylic acids is 1. The number of ether oxygens (including phenoxy) is 1. The van der Waals surface area contributed by atoms with E-state index in [0.29, 0.717) is 31.0 Å². The number of nitrogens with zero attached hydrogens (tertiary/aromatic N) is 4. The van der Waals surface area contributed by atoms with E-state index in [0.717, 1.165) is 0 Å². The van der Waals surface area contributed by atoms with Gasteiger partial charge in [-0.05, 0) is 44.5 Å². The fraction of sp³-hybridized carbons (Fsp3) is 0.471. The number of sulfone groups is 1. The number of carboxylic acid groups (broad SMARTS) is 1. The average molecular weight is 394 g/mol. The summed E-state index contributed by atoms with van der Waals surface area (Å²) < 4.78 is 29.1. The van der Waals surface area contributed by atoms with Crippen molar-refractivity contribution in [3.05, 3.63) is 30.0 Å². The number of aromatic nitrogens is 3. The van der Waals surface area contributed by atoms with E-state index < -0.39 is 15.8 Å². The van der Waals surface area contributed by atoms with Gasteiger partial charge in [0, 0.05) is 12.6 Å².